The molecule has 2 aromatic carbocycles. The van der Waals surface area contributed by atoms with E-state index in [1.54, 1.807) is 4.68 Å². The first-order chi connectivity index (χ1) is 14.1. The molecule has 0 atom stereocenters. The fraction of sp³-hybridized carbons (Fsp3) is 0.182. The summed E-state index contributed by atoms with van der Waals surface area (Å²) in [6.07, 6.45) is 6.58. The Bertz CT molecular complexity index is 1130. The van der Waals surface area contributed by atoms with Gasteiger partial charge in [0.1, 0.15) is 5.69 Å². The zero-order valence-corrected chi connectivity index (χ0v) is 16.4. The normalized spacial score (nSPS) is 10.8. The molecule has 0 unspecified atom stereocenters. The largest absolute Gasteiger partial charge is 0.322 e. The van der Waals surface area contributed by atoms with Crippen molar-refractivity contribution in [2.24, 2.45) is 7.05 Å². The van der Waals surface area contributed by atoms with Crippen molar-refractivity contribution >= 4 is 11.6 Å². The van der Waals surface area contributed by atoms with Gasteiger partial charge in [0.05, 0.1) is 12.4 Å². The van der Waals surface area contributed by atoms with Gasteiger partial charge in [-0.2, -0.15) is 5.10 Å². The van der Waals surface area contributed by atoms with Gasteiger partial charge in [-0.1, -0.05) is 35.5 Å². The molecule has 0 fully saturated rings. The van der Waals surface area contributed by atoms with Gasteiger partial charge in [0.2, 0.25) is 0 Å². The number of rotatable bonds is 6. The van der Waals surface area contributed by atoms with Gasteiger partial charge in [-0.25, -0.2) is 0 Å². The lowest BCUT2D eigenvalue weighted by molar-refractivity contribution is 0.102. The van der Waals surface area contributed by atoms with Crippen molar-refractivity contribution in [1.29, 1.82) is 0 Å². The van der Waals surface area contributed by atoms with Crippen LogP contribution in [0.5, 0.6) is 0 Å². The molecule has 0 bridgehead atoms. The monoisotopic (exact) mass is 386 g/mol. The first kappa shape index (κ1) is 18.6. The summed E-state index contributed by atoms with van der Waals surface area (Å²) in [6, 6.07) is 15.2. The predicted molar refractivity (Wildman–Crippen MR) is 112 cm³/mol. The van der Waals surface area contributed by atoms with Gasteiger partial charge in [0.15, 0.2) is 0 Å². The second-order valence-electron chi connectivity index (χ2n) is 6.99. The number of carbonyl (C=O) groups is 1. The van der Waals surface area contributed by atoms with E-state index in [1.165, 1.54) is 0 Å². The molecule has 0 saturated carbocycles. The molecule has 4 rings (SSSR count). The number of nitrogens with one attached hydrogen (secondary N) is 1. The number of para-hydroxylation sites is 1. The molecule has 29 heavy (non-hydrogen) atoms. The van der Waals surface area contributed by atoms with Gasteiger partial charge < -0.3 is 5.32 Å². The fourth-order valence-electron chi connectivity index (χ4n) is 3.13. The molecule has 0 aliphatic heterocycles. The highest BCUT2D eigenvalue weighted by atomic mass is 16.1. The minimum absolute atomic E-state index is 0.139. The van der Waals surface area contributed by atoms with Crippen LogP contribution in [0.3, 0.4) is 0 Å². The van der Waals surface area contributed by atoms with Crippen molar-refractivity contribution in [1.82, 2.24) is 24.8 Å². The van der Waals surface area contributed by atoms with Gasteiger partial charge in [-0.05, 0) is 42.7 Å². The highest BCUT2D eigenvalue weighted by Crippen LogP contribution is 2.21. The van der Waals surface area contributed by atoms with Crippen LogP contribution in [-0.4, -0.2) is 30.7 Å². The number of hydrogen-bond acceptors (Lipinski definition) is 4. The smallest absolute Gasteiger partial charge is 0.255 e. The summed E-state index contributed by atoms with van der Waals surface area (Å²) in [5, 5.41) is 15.6. The maximum Gasteiger partial charge on any atom is 0.255 e. The van der Waals surface area contributed by atoms with E-state index in [9.17, 15) is 4.79 Å². The highest BCUT2D eigenvalue weighted by Gasteiger charge is 2.13. The molecule has 0 aliphatic rings. The molecule has 7 heteroatoms. The first-order valence-electron chi connectivity index (χ1n) is 9.43. The lowest BCUT2D eigenvalue weighted by atomic mass is 10.0. The van der Waals surface area contributed by atoms with Crippen molar-refractivity contribution in [2.45, 2.75) is 19.9 Å². The Balaban J connectivity index is 1.49. The van der Waals surface area contributed by atoms with Crippen molar-refractivity contribution in [2.75, 3.05) is 5.32 Å². The molecule has 4 aromatic rings. The Labute approximate surface area is 169 Å². The molecule has 146 valence electrons. The SMILES string of the molecule is Cc1ccc(-c2cn(CCc3cnn(C)c3)nn2)cc1C(=O)Nc1ccccc1. The fourth-order valence-corrected chi connectivity index (χ4v) is 3.13. The summed E-state index contributed by atoms with van der Waals surface area (Å²) in [5.41, 5.74) is 5.05. The number of aromatic nitrogens is 5. The number of hydrogen-bond donors (Lipinski definition) is 1. The zero-order valence-electron chi connectivity index (χ0n) is 16.4. The Morgan fingerprint density at radius 2 is 1.93 bits per heavy atom. The summed E-state index contributed by atoms with van der Waals surface area (Å²) in [5.74, 6) is -0.139. The van der Waals surface area contributed by atoms with Crippen molar-refractivity contribution in [3.63, 3.8) is 0 Å². The van der Waals surface area contributed by atoms with E-state index >= 15 is 0 Å². The van der Waals surface area contributed by atoms with Gasteiger partial charge >= 0.3 is 0 Å². The van der Waals surface area contributed by atoms with Crippen LogP contribution >= 0.6 is 0 Å². The van der Waals surface area contributed by atoms with Crippen LogP contribution in [-0.2, 0) is 20.0 Å². The van der Waals surface area contributed by atoms with E-state index in [1.807, 2.05) is 85.8 Å². The van der Waals surface area contributed by atoms with Crippen LogP contribution in [0.15, 0.2) is 67.1 Å². The minimum atomic E-state index is -0.139. The summed E-state index contributed by atoms with van der Waals surface area (Å²) in [6.45, 7) is 2.64. The molecule has 0 radical (unpaired) electrons. The van der Waals surface area contributed by atoms with E-state index in [0.717, 1.165) is 34.5 Å². The Morgan fingerprint density at radius 1 is 1.10 bits per heavy atom. The number of aryl methyl sites for hydroxylation is 4. The zero-order chi connectivity index (χ0) is 20.2. The van der Waals surface area contributed by atoms with Gasteiger partial charge in [-0.3, -0.25) is 14.2 Å². The average molecular weight is 386 g/mol. The van der Waals surface area contributed by atoms with Crippen LogP contribution in [0, 0.1) is 6.92 Å². The summed E-state index contributed by atoms with van der Waals surface area (Å²) in [7, 11) is 1.90. The maximum atomic E-state index is 12.7. The molecular formula is C22H22N6O. The summed E-state index contributed by atoms with van der Waals surface area (Å²) < 4.78 is 3.60. The third-order valence-corrected chi connectivity index (χ3v) is 4.74. The van der Waals surface area contributed by atoms with E-state index in [-0.39, 0.29) is 5.91 Å². The van der Waals surface area contributed by atoms with Crippen LogP contribution in [0.4, 0.5) is 5.69 Å². The first-order valence-corrected chi connectivity index (χ1v) is 9.43. The lowest BCUT2D eigenvalue weighted by Gasteiger charge is -2.09. The Kier molecular flexibility index (Phi) is 5.20. The van der Waals surface area contributed by atoms with Crippen LogP contribution < -0.4 is 5.32 Å². The molecule has 1 amide bonds. The highest BCUT2D eigenvalue weighted by molar-refractivity contribution is 6.05. The number of anilines is 1. The van der Waals surface area contributed by atoms with Gasteiger partial charge in [0, 0.05) is 36.6 Å². The topological polar surface area (TPSA) is 77.6 Å². The van der Waals surface area contributed by atoms with E-state index in [2.05, 4.69) is 20.7 Å². The molecule has 0 aliphatic carbocycles. The Hall–Kier alpha value is -3.74. The lowest BCUT2D eigenvalue weighted by Crippen LogP contribution is -2.13. The number of carbonyl (C=O) groups excluding carboxylic acids is 1. The number of nitrogens with zero attached hydrogens (tertiary/aromatic N) is 5. The molecular weight excluding hydrogens is 364 g/mol. The van der Waals surface area contributed by atoms with E-state index in [4.69, 9.17) is 0 Å². The second kappa shape index (κ2) is 8.10. The Morgan fingerprint density at radius 3 is 2.69 bits per heavy atom. The predicted octanol–water partition coefficient (Wildman–Crippen LogP) is 3.48. The number of benzene rings is 2. The average Bonchev–Trinajstić information content (AvgIpc) is 3.36. The van der Waals surface area contributed by atoms with Crippen molar-refractivity contribution < 1.29 is 4.79 Å². The molecule has 0 spiro atoms. The second-order valence-corrected chi connectivity index (χ2v) is 6.99. The van der Waals surface area contributed by atoms with E-state index < -0.39 is 0 Å². The molecule has 2 aromatic heterocycles. The van der Waals surface area contributed by atoms with Crippen LogP contribution in [0.25, 0.3) is 11.3 Å². The molecule has 1 N–H and O–H groups in total. The van der Waals surface area contributed by atoms with Crippen LogP contribution in [0.2, 0.25) is 0 Å². The summed E-state index contributed by atoms with van der Waals surface area (Å²) >= 11 is 0. The third-order valence-electron chi connectivity index (χ3n) is 4.74. The van der Waals surface area contributed by atoms with Gasteiger partial charge in [0.25, 0.3) is 5.91 Å². The minimum Gasteiger partial charge on any atom is -0.322 e. The quantitative estimate of drug-likeness (QED) is 0.550. The van der Waals surface area contributed by atoms with E-state index in [0.29, 0.717) is 12.1 Å². The molecule has 2 heterocycles. The molecule has 7 nitrogen and oxygen atoms in total. The standard InChI is InChI=1S/C22H22N6O/c1-16-8-9-18(12-20(16)22(29)24-19-6-4-3-5-7-19)21-15-28(26-25-21)11-10-17-13-23-27(2)14-17/h3-9,12-15H,10-11H2,1-2H3,(H,24,29). The maximum absolute atomic E-state index is 12.7. The third kappa shape index (κ3) is 4.40. The van der Waals surface area contributed by atoms with Gasteiger partial charge in [-0.15, -0.1) is 5.10 Å². The van der Waals surface area contributed by atoms with Crippen molar-refractivity contribution in [3.8, 4) is 11.3 Å². The molecule has 0 saturated heterocycles. The van der Waals surface area contributed by atoms with Crippen LogP contribution in [0.1, 0.15) is 21.5 Å². The van der Waals surface area contributed by atoms with Crippen molar-refractivity contribution in [3.05, 3.63) is 83.8 Å². The summed E-state index contributed by atoms with van der Waals surface area (Å²) in [4.78, 5) is 12.7. The number of amides is 1.